The van der Waals surface area contributed by atoms with Gasteiger partial charge in [0.25, 0.3) is 0 Å². The monoisotopic (exact) mass is 703 g/mol. The van der Waals surface area contributed by atoms with Crippen LogP contribution >= 0.6 is 0 Å². The molecule has 0 spiro atoms. The van der Waals surface area contributed by atoms with Gasteiger partial charge in [-0.15, -0.1) is 0 Å². The molecule has 284 valence electrons. The average Bonchev–Trinajstić information content (AvgIpc) is 3.07. The van der Waals surface area contributed by atoms with Gasteiger partial charge < -0.3 is 24.4 Å². The van der Waals surface area contributed by atoms with E-state index in [1.807, 2.05) is 12.1 Å². The minimum absolute atomic E-state index is 0.301. The van der Waals surface area contributed by atoms with Gasteiger partial charge in [-0.05, 0) is 141 Å². The number of aromatic hydroxyl groups is 2. The molecule has 0 unspecified atom stereocenters. The van der Waals surface area contributed by atoms with Crippen LogP contribution in [0, 0.1) is 0 Å². The number of allylic oxidation sites excluding steroid dienone is 8. The summed E-state index contributed by atoms with van der Waals surface area (Å²) in [6.07, 6.45) is 22.9. The van der Waals surface area contributed by atoms with E-state index in [0.717, 1.165) is 98.0 Å². The zero-order valence-electron chi connectivity index (χ0n) is 33.5. The van der Waals surface area contributed by atoms with Crippen molar-refractivity contribution < 1.29 is 24.4 Å². The zero-order chi connectivity index (χ0) is 37.4. The minimum Gasteiger partial charge on any atom is -0.508 e. The molecule has 0 atom stereocenters. The average molecular weight is 703 g/mol. The fourth-order valence-electron chi connectivity index (χ4n) is 5.94. The largest absolute Gasteiger partial charge is 0.508 e. The molecule has 51 heavy (non-hydrogen) atoms. The smallest absolute Gasteiger partial charge is 0.126 e. The van der Waals surface area contributed by atoms with Crippen molar-refractivity contribution in [2.45, 2.75) is 145 Å². The summed E-state index contributed by atoms with van der Waals surface area (Å²) in [6.45, 7) is 18.8. The summed E-state index contributed by atoms with van der Waals surface area (Å²) in [5, 5.41) is 22.1. The summed E-state index contributed by atoms with van der Waals surface area (Å²) < 4.78 is 18.5. The third-order valence-electron chi connectivity index (χ3n) is 9.09. The number of unbranched alkanes of at least 4 members (excludes halogenated alkanes) is 4. The number of hydrogen-bond donors (Lipinski definition) is 2. The van der Waals surface area contributed by atoms with Crippen molar-refractivity contribution in [2.24, 2.45) is 0 Å². The molecule has 2 N–H and O–H groups in total. The summed E-state index contributed by atoms with van der Waals surface area (Å²) in [6, 6.07) is 8.01. The third-order valence-corrected chi connectivity index (χ3v) is 9.09. The first kappa shape index (κ1) is 43.7. The second kappa shape index (κ2) is 25.5. The van der Waals surface area contributed by atoms with E-state index < -0.39 is 0 Å². The van der Waals surface area contributed by atoms with E-state index in [1.165, 1.54) is 35.1 Å². The van der Waals surface area contributed by atoms with Gasteiger partial charge in [-0.25, -0.2) is 0 Å². The van der Waals surface area contributed by atoms with Crippen LogP contribution in [0.1, 0.15) is 142 Å². The molecule has 2 aromatic carbocycles. The second-order valence-electron chi connectivity index (χ2n) is 14.6. The third kappa shape index (κ3) is 18.6. The molecule has 2 rings (SSSR count). The number of benzene rings is 2. The van der Waals surface area contributed by atoms with E-state index in [4.69, 9.17) is 14.2 Å². The van der Waals surface area contributed by atoms with E-state index in [1.54, 1.807) is 0 Å². The van der Waals surface area contributed by atoms with Gasteiger partial charge >= 0.3 is 0 Å². The Hall–Kier alpha value is -3.44. The predicted octanol–water partition coefficient (Wildman–Crippen LogP) is 12.5. The summed E-state index contributed by atoms with van der Waals surface area (Å²) in [5.41, 5.74) is 9.15. The Labute approximate surface area is 311 Å². The van der Waals surface area contributed by atoms with Gasteiger partial charge in [0.15, 0.2) is 0 Å². The predicted molar refractivity (Wildman–Crippen MR) is 217 cm³/mol. The maximum atomic E-state index is 11.0. The molecule has 0 fully saturated rings. The molecule has 2 aromatic rings. The quantitative estimate of drug-likeness (QED) is 0.0754. The molecular weight excluding hydrogens is 633 g/mol. The Balaban J connectivity index is 2.04. The highest BCUT2D eigenvalue weighted by atomic mass is 16.5. The summed E-state index contributed by atoms with van der Waals surface area (Å²) in [5.74, 6) is 2.07. The molecule has 5 nitrogen and oxygen atoms in total. The topological polar surface area (TPSA) is 68.2 Å². The summed E-state index contributed by atoms with van der Waals surface area (Å²) in [7, 11) is 0. The first-order valence-electron chi connectivity index (χ1n) is 19.6. The molecule has 0 aromatic heterocycles. The lowest BCUT2D eigenvalue weighted by atomic mass is 10.00. The van der Waals surface area contributed by atoms with Gasteiger partial charge in [-0.2, -0.15) is 0 Å². The van der Waals surface area contributed by atoms with Crippen LogP contribution in [0.25, 0.3) is 0 Å². The molecule has 0 saturated heterocycles. The highest BCUT2D eigenvalue weighted by Gasteiger charge is 2.14. The maximum Gasteiger partial charge on any atom is 0.126 e. The molecule has 0 amide bonds. The van der Waals surface area contributed by atoms with E-state index in [9.17, 15) is 10.2 Å². The van der Waals surface area contributed by atoms with Gasteiger partial charge in [0.05, 0.1) is 13.2 Å². The van der Waals surface area contributed by atoms with Crippen molar-refractivity contribution in [3.8, 4) is 23.0 Å². The van der Waals surface area contributed by atoms with Crippen LogP contribution in [-0.4, -0.2) is 36.6 Å². The first-order chi connectivity index (χ1) is 24.5. The van der Waals surface area contributed by atoms with Gasteiger partial charge in [-0.3, -0.25) is 0 Å². The Morgan fingerprint density at radius 2 is 0.961 bits per heavy atom. The Bertz CT molecular complexity index is 1310. The number of hydrogen-bond acceptors (Lipinski definition) is 5. The van der Waals surface area contributed by atoms with Crippen molar-refractivity contribution in [2.75, 3.05) is 26.4 Å². The highest BCUT2D eigenvalue weighted by molar-refractivity contribution is 5.49. The Morgan fingerprint density at radius 1 is 0.549 bits per heavy atom. The number of phenols is 2. The van der Waals surface area contributed by atoms with Gasteiger partial charge in [0.1, 0.15) is 36.2 Å². The summed E-state index contributed by atoms with van der Waals surface area (Å²) >= 11 is 0. The highest BCUT2D eigenvalue weighted by Crippen LogP contribution is 2.33. The van der Waals surface area contributed by atoms with Crippen LogP contribution in [0.4, 0.5) is 0 Å². The Morgan fingerprint density at radius 3 is 1.33 bits per heavy atom. The fraction of sp³-hybridized carbons (Fsp3) is 0.565. The van der Waals surface area contributed by atoms with E-state index in [-0.39, 0.29) is 0 Å². The van der Waals surface area contributed by atoms with Crippen molar-refractivity contribution >= 4 is 0 Å². The molecule has 0 saturated carbocycles. The Kier molecular flexibility index (Phi) is 21.9. The van der Waals surface area contributed by atoms with E-state index in [0.29, 0.717) is 50.8 Å². The normalized spacial score (nSPS) is 11.8. The van der Waals surface area contributed by atoms with Crippen LogP contribution in [0.5, 0.6) is 23.0 Å². The summed E-state index contributed by atoms with van der Waals surface area (Å²) in [4.78, 5) is 0. The van der Waals surface area contributed by atoms with E-state index in [2.05, 4.69) is 91.8 Å². The number of phenolic OH excluding ortho intramolecular Hbond substituents is 2. The van der Waals surface area contributed by atoms with Crippen LogP contribution in [0.2, 0.25) is 0 Å². The minimum atomic E-state index is 0.301. The lowest BCUT2D eigenvalue weighted by Gasteiger charge is -2.16. The molecule has 0 bridgehead atoms. The first-order valence-corrected chi connectivity index (χ1v) is 19.6. The van der Waals surface area contributed by atoms with Crippen LogP contribution in [0.3, 0.4) is 0 Å². The van der Waals surface area contributed by atoms with Gasteiger partial charge in [0.2, 0.25) is 0 Å². The number of aryl methyl sites for hydroxylation is 2. The SMILES string of the molecule is CCCCCc1cc(O)c(C/C=C(\C)CCC=C(C)C)c(OCCOCCOc2cc(CCCCC)cc(O)c2C/C=C(\C)CCC=C(C)C)c1. The molecular formula is C46H70O5. The van der Waals surface area contributed by atoms with Crippen molar-refractivity contribution in [3.05, 3.63) is 93.1 Å². The van der Waals surface area contributed by atoms with Crippen LogP contribution in [-0.2, 0) is 30.4 Å². The second-order valence-corrected chi connectivity index (χ2v) is 14.6. The van der Waals surface area contributed by atoms with Gasteiger partial charge in [-0.1, -0.05) is 86.1 Å². The molecule has 0 aliphatic heterocycles. The molecule has 0 heterocycles. The van der Waals surface area contributed by atoms with Crippen LogP contribution < -0.4 is 9.47 Å². The van der Waals surface area contributed by atoms with Crippen molar-refractivity contribution in [1.82, 2.24) is 0 Å². The standard InChI is InChI=1S/C46H70O5/c1-9-11-13-21-39-31-43(47)41(25-23-37(7)19-15-17-35(3)4)45(33-39)50-29-27-49-28-30-51-46-34-40(22-14-12-10-2)32-44(48)42(46)26-24-38(8)20-16-18-36(5)6/h17-18,23-24,31-34,47-48H,9-16,19-22,25-30H2,1-8H3/b37-23+,38-24+. The van der Waals surface area contributed by atoms with Gasteiger partial charge in [0, 0.05) is 11.1 Å². The molecule has 5 heteroatoms. The lowest BCUT2D eigenvalue weighted by molar-refractivity contribution is 0.0758. The fourth-order valence-corrected chi connectivity index (χ4v) is 5.94. The maximum absolute atomic E-state index is 11.0. The van der Waals surface area contributed by atoms with Crippen molar-refractivity contribution in [3.63, 3.8) is 0 Å². The van der Waals surface area contributed by atoms with Crippen molar-refractivity contribution in [1.29, 1.82) is 0 Å². The molecule has 0 aliphatic carbocycles. The van der Waals surface area contributed by atoms with E-state index >= 15 is 0 Å². The molecule has 0 radical (unpaired) electrons. The molecule has 0 aliphatic rings. The zero-order valence-corrected chi connectivity index (χ0v) is 33.5. The lowest BCUT2D eigenvalue weighted by Crippen LogP contribution is -2.13. The number of ether oxygens (including phenoxy) is 3. The van der Waals surface area contributed by atoms with Crippen LogP contribution in [0.15, 0.2) is 70.9 Å². The number of rotatable bonds is 26.